The van der Waals surface area contributed by atoms with Crippen molar-refractivity contribution in [2.45, 2.75) is 78.2 Å². The highest BCUT2D eigenvalue weighted by Gasteiger charge is 2.37. The molecule has 7 heterocycles. The van der Waals surface area contributed by atoms with Crippen LogP contribution in [0.5, 0.6) is 0 Å². The molecule has 2 aliphatic carbocycles. The molecule has 16 nitrogen and oxygen atoms in total. The van der Waals surface area contributed by atoms with E-state index in [0.717, 1.165) is 102 Å². The second kappa shape index (κ2) is 27.5. The number of nitriles is 1. The van der Waals surface area contributed by atoms with E-state index in [-0.39, 0.29) is 54.9 Å². The van der Waals surface area contributed by atoms with Crippen LogP contribution in [0.25, 0.3) is 23.3 Å². The number of nitrogens with zero attached hydrogens (tertiary/aromatic N) is 12. The molecule has 2 unspecified atom stereocenters. The summed E-state index contributed by atoms with van der Waals surface area (Å²) < 4.78 is 9.92. The predicted molar refractivity (Wildman–Crippen MR) is 341 cm³/mol. The third-order valence-corrected chi connectivity index (χ3v) is 16.9. The third kappa shape index (κ3) is 14.3. The molecular formula is C65H73Cl4N13O3. The molecule has 3 aromatic carbocycles. The molecule has 12 rings (SSSR count). The number of urea groups is 1. The molecule has 2 atom stereocenters. The van der Waals surface area contributed by atoms with Gasteiger partial charge in [0, 0.05) is 138 Å². The van der Waals surface area contributed by atoms with E-state index in [0.29, 0.717) is 62.9 Å². The lowest BCUT2D eigenvalue weighted by Crippen LogP contribution is -2.55. The van der Waals surface area contributed by atoms with E-state index in [1.807, 2.05) is 118 Å². The van der Waals surface area contributed by atoms with E-state index in [2.05, 4.69) is 88.8 Å². The van der Waals surface area contributed by atoms with E-state index in [4.69, 9.17) is 37.9 Å². The van der Waals surface area contributed by atoms with Crippen LogP contribution in [0, 0.1) is 31.1 Å². The summed E-state index contributed by atoms with van der Waals surface area (Å²) in [6.07, 6.45) is 17.2. The molecule has 3 aliphatic heterocycles. The number of imidazole rings is 2. The zero-order chi connectivity index (χ0) is 57.8. The Labute approximate surface area is 520 Å². The van der Waals surface area contributed by atoms with Crippen molar-refractivity contribution in [2.24, 2.45) is 5.92 Å². The summed E-state index contributed by atoms with van der Waals surface area (Å²) in [7, 11) is 0. The second-order valence-corrected chi connectivity index (χ2v) is 23.9. The fourth-order valence-electron chi connectivity index (χ4n) is 12.2. The van der Waals surface area contributed by atoms with Gasteiger partial charge in [0.05, 0.1) is 35.1 Å². The van der Waals surface area contributed by atoms with Gasteiger partial charge in [-0.1, -0.05) is 47.5 Å². The highest BCUT2D eigenvalue weighted by molar-refractivity contribution is 6.31. The average Bonchev–Trinajstić information content (AvgIpc) is 2.72. The largest absolute Gasteiger partial charge is 0.444 e. The number of carbonyl (C=O) groups excluding carboxylic acids is 2. The standard InChI is InChI=1S/C42H47ClN8O3.C23H24ClN5.2ClH/c1-29-45-16-19-50(29)28-33-24-32-6-5-15-46-38(32)39(36-12-9-34(43)25-37(33)36)47-20-22-48(23-21-47)40(52)51(35-10-7-30(26-44)8-11-35)27-31-13-17-49(18-14-31)41(53)54-42(2,3)4;1-16-26-9-12-29(16)15-18-13-17-3-2-6-27-22(17)23(28-10-7-25-8-11-28)20-5-4-19(24)14-21(18)20;;/h5-12,15-16,19,24-25,31,39H,13-14,17-18,20-23,27-28H2,1-4H3;2-6,9,12-14,23,25H,7-8,10-11,15H2,1H3;2*1H. The normalized spacial score (nSPS) is 17.9. The number of piperidine rings is 1. The quantitative estimate of drug-likeness (QED) is 0.147. The number of hydrogen-bond donors (Lipinski definition) is 1. The van der Waals surface area contributed by atoms with Gasteiger partial charge in [-0.25, -0.2) is 19.6 Å². The zero-order valence-corrected chi connectivity index (χ0v) is 51.8. The summed E-state index contributed by atoms with van der Waals surface area (Å²) in [6, 6.07) is 30.1. The Morgan fingerprint density at radius 3 is 1.64 bits per heavy atom. The number of piperazine rings is 2. The summed E-state index contributed by atoms with van der Waals surface area (Å²) in [5.74, 6) is 2.15. The summed E-state index contributed by atoms with van der Waals surface area (Å²) in [4.78, 5) is 56.4. The number of aromatic nitrogens is 6. The van der Waals surface area contributed by atoms with Gasteiger partial charge in [0.25, 0.3) is 0 Å². The number of pyridine rings is 2. The molecule has 20 heteroatoms. The predicted octanol–water partition coefficient (Wildman–Crippen LogP) is 12.3. The Morgan fingerprint density at radius 2 is 1.16 bits per heavy atom. The molecule has 0 radical (unpaired) electrons. The van der Waals surface area contributed by atoms with Gasteiger partial charge in [-0.05, 0) is 171 Å². The number of anilines is 1. The van der Waals surface area contributed by atoms with Crippen LogP contribution in [-0.2, 0) is 17.8 Å². The van der Waals surface area contributed by atoms with Crippen molar-refractivity contribution in [3.63, 3.8) is 0 Å². The van der Waals surface area contributed by atoms with Crippen LogP contribution >= 0.6 is 48.0 Å². The molecule has 0 bridgehead atoms. The fourth-order valence-corrected chi connectivity index (χ4v) is 12.5. The smallest absolute Gasteiger partial charge is 0.410 e. The Balaban J connectivity index is 0.000000235. The Bertz CT molecular complexity index is 3590. The van der Waals surface area contributed by atoms with Gasteiger partial charge in [-0.15, -0.1) is 24.8 Å². The van der Waals surface area contributed by atoms with Gasteiger partial charge in [-0.3, -0.25) is 24.7 Å². The lowest BCUT2D eigenvalue weighted by molar-refractivity contribution is 0.0186. The van der Waals surface area contributed by atoms with Gasteiger partial charge in [0.2, 0.25) is 0 Å². The highest BCUT2D eigenvalue weighted by Crippen LogP contribution is 2.43. The first-order valence-electron chi connectivity index (χ1n) is 28.8. The fraction of sp³-hybridized carbons (Fsp3) is 0.369. The highest BCUT2D eigenvalue weighted by atomic mass is 35.5. The van der Waals surface area contributed by atoms with E-state index in [9.17, 15) is 14.9 Å². The second-order valence-electron chi connectivity index (χ2n) is 23.0. The minimum Gasteiger partial charge on any atom is -0.444 e. The molecule has 3 amide bonds. The van der Waals surface area contributed by atoms with Crippen LogP contribution in [0.1, 0.15) is 108 Å². The minimum atomic E-state index is -0.552. The van der Waals surface area contributed by atoms with Crippen molar-refractivity contribution in [1.82, 2.24) is 54.0 Å². The SMILES string of the molecule is Cc1nccn1CC1=Cc2cccnc2C(N2CCN(C(=O)N(CC3CCN(C(=O)OC(C)(C)C)CC3)c3ccc(C#N)cc3)CC2)c2ccc(Cl)cc21.Cc1nccn1CC1=Cc2cccnc2C(N2CCNCC2)c2ccc(Cl)cc21.Cl.Cl. The molecule has 4 aromatic heterocycles. The Kier molecular flexibility index (Phi) is 20.2. The van der Waals surface area contributed by atoms with Crippen LogP contribution in [-0.4, -0.2) is 138 Å². The van der Waals surface area contributed by atoms with Gasteiger partial charge in [0.15, 0.2) is 0 Å². The molecule has 1 N–H and O–H groups in total. The number of hydrogen-bond acceptors (Lipinski definition) is 11. The van der Waals surface area contributed by atoms with Crippen LogP contribution in [0.2, 0.25) is 10.0 Å². The Morgan fingerprint density at radius 1 is 0.659 bits per heavy atom. The molecule has 3 fully saturated rings. The molecule has 0 saturated carbocycles. The monoisotopic (exact) mass is 1220 g/mol. The number of nitrogens with one attached hydrogen (secondary N) is 1. The summed E-state index contributed by atoms with van der Waals surface area (Å²) in [6.45, 7) is 19.1. The molecule has 3 saturated heterocycles. The van der Waals surface area contributed by atoms with Crippen molar-refractivity contribution in [3.05, 3.63) is 194 Å². The first-order valence-corrected chi connectivity index (χ1v) is 29.5. The summed E-state index contributed by atoms with van der Waals surface area (Å²) >= 11 is 13.1. The number of ether oxygens (including phenoxy) is 1. The topological polar surface area (TPSA) is 157 Å². The number of halogens is 4. The molecule has 0 spiro atoms. The van der Waals surface area contributed by atoms with Crippen molar-refractivity contribution in [1.29, 1.82) is 5.26 Å². The maximum Gasteiger partial charge on any atom is 0.410 e. The van der Waals surface area contributed by atoms with E-state index in [1.54, 1.807) is 17.0 Å². The van der Waals surface area contributed by atoms with Crippen LogP contribution in [0.3, 0.4) is 0 Å². The molecule has 85 heavy (non-hydrogen) atoms. The lowest BCUT2D eigenvalue weighted by atomic mass is 9.93. The van der Waals surface area contributed by atoms with Gasteiger partial charge in [-0.2, -0.15) is 5.26 Å². The Hall–Kier alpha value is -7.07. The zero-order valence-electron chi connectivity index (χ0n) is 48.7. The minimum absolute atomic E-state index is 0. The van der Waals surface area contributed by atoms with Gasteiger partial charge in [0.1, 0.15) is 17.2 Å². The average molecular weight is 1230 g/mol. The van der Waals surface area contributed by atoms with Crippen LogP contribution < -0.4 is 10.2 Å². The first kappa shape index (κ1) is 62.5. The number of amides is 3. The van der Waals surface area contributed by atoms with Crippen LogP contribution in [0.4, 0.5) is 15.3 Å². The third-order valence-electron chi connectivity index (χ3n) is 16.5. The van der Waals surface area contributed by atoms with E-state index >= 15 is 0 Å². The number of likely N-dealkylation sites (tertiary alicyclic amines) is 1. The lowest BCUT2D eigenvalue weighted by Gasteiger charge is -2.42. The first-order chi connectivity index (χ1) is 40.2. The van der Waals surface area contributed by atoms with Gasteiger partial charge < -0.3 is 29.0 Å². The molecule has 5 aliphatic rings. The van der Waals surface area contributed by atoms with E-state index < -0.39 is 5.60 Å². The van der Waals surface area contributed by atoms with Gasteiger partial charge >= 0.3 is 12.1 Å². The number of aryl methyl sites for hydroxylation is 2. The maximum atomic E-state index is 14.5. The molecule has 444 valence electrons. The van der Waals surface area contributed by atoms with Crippen LogP contribution in [0.15, 0.2) is 122 Å². The maximum absolute atomic E-state index is 14.5. The van der Waals surface area contributed by atoms with Crippen molar-refractivity contribution < 1.29 is 14.3 Å². The summed E-state index contributed by atoms with van der Waals surface area (Å²) in [5, 5.41) is 14.3. The number of allylic oxidation sites excluding steroid dienone is 2. The molecule has 7 aromatic rings. The number of fused-ring (bicyclic) bond motifs is 4. The number of benzene rings is 3. The van der Waals surface area contributed by atoms with E-state index in [1.165, 1.54) is 22.3 Å². The summed E-state index contributed by atoms with van der Waals surface area (Å²) in [5.41, 5.74) is 12.2. The van der Waals surface area contributed by atoms with Crippen molar-refractivity contribution in [2.75, 3.05) is 76.9 Å². The number of rotatable bonds is 9. The van der Waals surface area contributed by atoms with Crippen molar-refractivity contribution in [3.8, 4) is 6.07 Å². The molecular weight excluding hydrogens is 1150 g/mol. The number of carbonyl (C=O) groups is 2. The van der Waals surface area contributed by atoms with Crippen molar-refractivity contribution >= 4 is 89.1 Å².